The highest BCUT2D eigenvalue weighted by atomic mass is 19.1. The smallest absolute Gasteiger partial charge is 0.256 e. The van der Waals surface area contributed by atoms with E-state index in [1.807, 2.05) is 19.0 Å². The van der Waals surface area contributed by atoms with Crippen molar-refractivity contribution >= 4 is 5.91 Å². The van der Waals surface area contributed by atoms with Gasteiger partial charge in [0.15, 0.2) is 0 Å². The molecule has 0 atom stereocenters. The minimum Gasteiger partial charge on any atom is -0.395 e. The van der Waals surface area contributed by atoms with Crippen LogP contribution in [0, 0.1) is 17.7 Å². The molecule has 0 radical (unpaired) electrons. The topological polar surface area (TPSA) is 43.8 Å². The normalized spacial score (nSPS) is 10.2. The number of hydrogen-bond acceptors (Lipinski definition) is 3. The minimum atomic E-state index is -0.576. The molecule has 114 valence electrons. The van der Waals surface area contributed by atoms with E-state index in [0.717, 1.165) is 0 Å². The van der Waals surface area contributed by atoms with Crippen molar-refractivity contribution in [2.75, 3.05) is 40.8 Å². The van der Waals surface area contributed by atoms with Crippen molar-refractivity contribution in [2.24, 2.45) is 0 Å². The molecule has 1 rings (SSSR count). The first-order chi connectivity index (χ1) is 9.95. The van der Waals surface area contributed by atoms with E-state index >= 15 is 0 Å². The molecule has 1 amide bonds. The molecule has 0 bridgehead atoms. The van der Waals surface area contributed by atoms with E-state index in [1.54, 1.807) is 13.1 Å². The SMILES string of the molecule is CN(C)CCN(C)C(=O)c1ccc(C#CCCO)cc1F. The highest BCUT2D eigenvalue weighted by Gasteiger charge is 2.16. The largest absolute Gasteiger partial charge is 0.395 e. The van der Waals surface area contributed by atoms with Crippen molar-refractivity contribution in [1.29, 1.82) is 0 Å². The molecule has 0 aliphatic heterocycles. The van der Waals surface area contributed by atoms with Gasteiger partial charge in [-0.1, -0.05) is 11.8 Å². The molecular formula is C16H21FN2O2. The van der Waals surface area contributed by atoms with Gasteiger partial charge in [0, 0.05) is 32.1 Å². The molecule has 0 aliphatic carbocycles. The number of halogens is 1. The van der Waals surface area contributed by atoms with Crippen LogP contribution in [0.15, 0.2) is 18.2 Å². The lowest BCUT2D eigenvalue weighted by Crippen LogP contribution is -2.33. The molecule has 0 heterocycles. The first kappa shape index (κ1) is 17.2. The Hall–Kier alpha value is -1.90. The summed E-state index contributed by atoms with van der Waals surface area (Å²) in [7, 11) is 5.48. The molecule has 0 aliphatic rings. The van der Waals surface area contributed by atoms with Crippen molar-refractivity contribution < 1.29 is 14.3 Å². The van der Waals surface area contributed by atoms with Crippen molar-refractivity contribution in [3.63, 3.8) is 0 Å². The fourth-order valence-corrected chi connectivity index (χ4v) is 1.64. The molecule has 5 heteroatoms. The second-order valence-corrected chi connectivity index (χ2v) is 5.00. The van der Waals surface area contributed by atoms with E-state index in [4.69, 9.17) is 5.11 Å². The molecule has 1 N–H and O–H groups in total. The van der Waals surface area contributed by atoms with Gasteiger partial charge in [-0.15, -0.1) is 0 Å². The third-order valence-corrected chi connectivity index (χ3v) is 2.90. The fourth-order valence-electron chi connectivity index (χ4n) is 1.64. The molecule has 0 spiro atoms. The lowest BCUT2D eigenvalue weighted by atomic mass is 10.1. The van der Waals surface area contributed by atoms with Gasteiger partial charge in [0.2, 0.25) is 0 Å². The Morgan fingerprint density at radius 1 is 1.29 bits per heavy atom. The number of aliphatic hydroxyl groups excluding tert-OH is 1. The van der Waals surface area contributed by atoms with Crippen molar-refractivity contribution in [3.05, 3.63) is 35.1 Å². The molecule has 0 fully saturated rings. The van der Waals surface area contributed by atoms with Crippen molar-refractivity contribution in [3.8, 4) is 11.8 Å². The molecule has 0 aromatic heterocycles. The zero-order chi connectivity index (χ0) is 15.8. The Morgan fingerprint density at radius 3 is 2.57 bits per heavy atom. The van der Waals surface area contributed by atoms with Gasteiger partial charge in [-0.25, -0.2) is 4.39 Å². The van der Waals surface area contributed by atoms with Gasteiger partial charge < -0.3 is 14.9 Å². The first-order valence-corrected chi connectivity index (χ1v) is 6.75. The van der Waals surface area contributed by atoms with Crippen molar-refractivity contribution in [1.82, 2.24) is 9.80 Å². The lowest BCUT2D eigenvalue weighted by Gasteiger charge is -2.20. The lowest BCUT2D eigenvalue weighted by molar-refractivity contribution is 0.0781. The van der Waals surface area contributed by atoms with Crippen LogP contribution in [0.25, 0.3) is 0 Å². The summed E-state index contributed by atoms with van der Waals surface area (Å²) in [6.45, 7) is 1.22. The van der Waals surface area contributed by atoms with Crippen LogP contribution in [-0.2, 0) is 0 Å². The van der Waals surface area contributed by atoms with Gasteiger partial charge in [0.1, 0.15) is 5.82 Å². The third-order valence-electron chi connectivity index (χ3n) is 2.90. The molecule has 21 heavy (non-hydrogen) atoms. The second-order valence-electron chi connectivity index (χ2n) is 5.00. The molecule has 0 unspecified atom stereocenters. The Bertz CT molecular complexity index is 547. The molecule has 4 nitrogen and oxygen atoms in total. The highest BCUT2D eigenvalue weighted by molar-refractivity contribution is 5.94. The quantitative estimate of drug-likeness (QED) is 0.829. The summed E-state index contributed by atoms with van der Waals surface area (Å²) in [5.41, 5.74) is 0.539. The van der Waals surface area contributed by atoms with Crippen LogP contribution in [0.1, 0.15) is 22.3 Å². The average molecular weight is 292 g/mol. The second kappa shape index (κ2) is 8.40. The van der Waals surface area contributed by atoms with E-state index < -0.39 is 5.82 Å². The van der Waals surface area contributed by atoms with E-state index in [9.17, 15) is 9.18 Å². The van der Waals surface area contributed by atoms with E-state index in [-0.39, 0.29) is 18.1 Å². The Balaban J connectivity index is 2.80. The molecule has 0 saturated heterocycles. The maximum Gasteiger partial charge on any atom is 0.256 e. The summed E-state index contributed by atoms with van der Waals surface area (Å²) in [5, 5.41) is 8.64. The van der Waals surface area contributed by atoms with E-state index in [0.29, 0.717) is 25.1 Å². The fraction of sp³-hybridized carbons (Fsp3) is 0.438. The zero-order valence-corrected chi connectivity index (χ0v) is 12.7. The number of hydrogen-bond donors (Lipinski definition) is 1. The van der Waals surface area contributed by atoms with Gasteiger partial charge in [-0.05, 0) is 32.3 Å². The number of rotatable bonds is 5. The Morgan fingerprint density at radius 2 is 2.00 bits per heavy atom. The van der Waals surface area contributed by atoms with Crippen LogP contribution in [0.5, 0.6) is 0 Å². The first-order valence-electron chi connectivity index (χ1n) is 6.75. The van der Waals surface area contributed by atoms with Gasteiger partial charge in [-0.3, -0.25) is 4.79 Å². The summed E-state index contributed by atoms with van der Waals surface area (Å²) in [5.74, 6) is 4.54. The number of benzene rings is 1. The van der Waals surface area contributed by atoms with Gasteiger partial charge >= 0.3 is 0 Å². The zero-order valence-electron chi connectivity index (χ0n) is 12.7. The van der Waals surface area contributed by atoms with Crippen LogP contribution >= 0.6 is 0 Å². The number of amides is 1. The van der Waals surface area contributed by atoms with Crippen LogP contribution in [0.2, 0.25) is 0 Å². The highest BCUT2D eigenvalue weighted by Crippen LogP contribution is 2.12. The van der Waals surface area contributed by atoms with Gasteiger partial charge in [0.05, 0.1) is 12.2 Å². The minimum absolute atomic E-state index is 0.0251. The molecular weight excluding hydrogens is 271 g/mol. The number of carbonyl (C=O) groups is 1. The number of carbonyl (C=O) groups excluding carboxylic acids is 1. The monoisotopic (exact) mass is 292 g/mol. The predicted molar refractivity (Wildman–Crippen MR) is 80.5 cm³/mol. The maximum absolute atomic E-state index is 14.0. The van der Waals surface area contributed by atoms with Crippen LogP contribution < -0.4 is 0 Å². The molecule has 1 aromatic rings. The number of nitrogens with zero attached hydrogens (tertiary/aromatic N) is 2. The van der Waals surface area contributed by atoms with Crippen LogP contribution in [0.4, 0.5) is 4.39 Å². The molecule has 0 saturated carbocycles. The number of likely N-dealkylation sites (N-methyl/N-ethyl adjacent to an activating group) is 2. The number of aliphatic hydroxyl groups is 1. The van der Waals surface area contributed by atoms with E-state index in [2.05, 4.69) is 11.8 Å². The summed E-state index contributed by atoms with van der Waals surface area (Å²) in [6, 6.07) is 4.31. The summed E-state index contributed by atoms with van der Waals surface area (Å²) in [6.07, 6.45) is 0.343. The van der Waals surface area contributed by atoms with E-state index in [1.165, 1.54) is 17.0 Å². The maximum atomic E-state index is 14.0. The summed E-state index contributed by atoms with van der Waals surface area (Å²) < 4.78 is 14.0. The summed E-state index contributed by atoms with van der Waals surface area (Å²) in [4.78, 5) is 15.6. The third kappa shape index (κ3) is 5.54. The van der Waals surface area contributed by atoms with Gasteiger partial charge in [0.25, 0.3) is 5.91 Å². The average Bonchev–Trinajstić information content (AvgIpc) is 2.44. The van der Waals surface area contributed by atoms with Crippen LogP contribution in [0.3, 0.4) is 0 Å². The Kier molecular flexibility index (Phi) is 6.86. The predicted octanol–water partition coefficient (Wildman–Crippen LogP) is 1.19. The summed E-state index contributed by atoms with van der Waals surface area (Å²) >= 11 is 0. The Labute approximate surface area is 125 Å². The van der Waals surface area contributed by atoms with Crippen molar-refractivity contribution in [2.45, 2.75) is 6.42 Å². The molecule has 1 aromatic carbocycles. The van der Waals surface area contributed by atoms with Crippen LogP contribution in [-0.4, -0.2) is 61.7 Å². The standard InChI is InChI=1S/C16H21FN2O2/c1-18(2)9-10-19(3)16(21)14-8-7-13(12-15(14)17)6-4-5-11-20/h7-8,12,20H,5,9-11H2,1-3H3. The van der Waals surface area contributed by atoms with Gasteiger partial charge in [-0.2, -0.15) is 0 Å².